The molecule has 0 saturated carbocycles. The molecule has 0 spiro atoms. The fraction of sp³-hybridized carbons (Fsp3) is 0.500. The van der Waals surface area contributed by atoms with Crippen molar-refractivity contribution in [2.75, 3.05) is 16.8 Å². The van der Waals surface area contributed by atoms with Crippen LogP contribution in [0.15, 0.2) is 18.2 Å². The van der Waals surface area contributed by atoms with Crippen LogP contribution in [0.25, 0.3) is 0 Å². The van der Waals surface area contributed by atoms with Crippen molar-refractivity contribution >= 4 is 34.0 Å². The lowest BCUT2D eigenvalue weighted by Crippen LogP contribution is -2.28. The fourth-order valence-electron chi connectivity index (χ4n) is 3.28. The summed E-state index contributed by atoms with van der Waals surface area (Å²) in [6.07, 6.45) is 1.02. The Hall–Kier alpha value is -2.28. The third kappa shape index (κ3) is 4.91. The number of aryl methyl sites for hydroxylation is 2. The zero-order chi connectivity index (χ0) is 19.8. The Labute approximate surface area is 164 Å². The average molecular weight is 387 g/mol. The van der Waals surface area contributed by atoms with Gasteiger partial charge in [-0.25, -0.2) is 0 Å². The molecule has 27 heavy (non-hydrogen) atoms. The van der Waals surface area contributed by atoms with Gasteiger partial charge in [-0.2, -0.15) is 0 Å². The van der Waals surface area contributed by atoms with Crippen LogP contribution < -0.4 is 10.2 Å². The molecule has 1 unspecified atom stereocenters. The van der Waals surface area contributed by atoms with Gasteiger partial charge in [0.25, 0.3) is 0 Å². The Bertz CT molecular complexity index is 849. The van der Waals surface area contributed by atoms with Gasteiger partial charge in [0.15, 0.2) is 0 Å². The molecule has 1 aromatic carbocycles. The number of nitrogens with one attached hydrogen (secondary N) is 1. The van der Waals surface area contributed by atoms with E-state index in [2.05, 4.69) is 42.4 Å². The second-order valence-electron chi connectivity index (χ2n) is 8.48. The number of carbonyl (C=O) groups excluding carboxylic acids is 2. The number of hydrogen-bond acceptors (Lipinski definition) is 5. The van der Waals surface area contributed by atoms with Gasteiger partial charge in [-0.15, -0.1) is 10.2 Å². The van der Waals surface area contributed by atoms with Crippen molar-refractivity contribution in [3.05, 3.63) is 34.3 Å². The Morgan fingerprint density at radius 1 is 1.22 bits per heavy atom. The van der Waals surface area contributed by atoms with Crippen molar-refractivity contribution in [2.24, 2.45) is 11.3 Å². The van der Waals surface area contributed by atoms with Crippen LogP contribution >= 0.6 is 11.3 Å². The maximum atomic E-state index is 12.6. The van der Waals surface area contributed by atoms with Gasteiger partial charge in [-0.05, 0) is 42.5 Å². The topological polar surface area (TPSA) is 75.2 Å². The number of benzene rings is 1. The van der Waals surface area contributed by atoms with Gasteiger partial charge in [0.05, 0.1) is 5.92 Å². The molecule has 2 heterocycles. The summed E-state index contributed by atoms with van der Waals surface area (Å²) in [4.78, 5) is 26.8. The van der Waals surface area contributed by atoms with E-state index >= 15 is 0 Å². The minimum atomic E-state index is -0.381. The van der Waals surface area contributed by atoms with Crippen LogP contribution in [-0.4, -0.2) is 28.6 Å². The maximum Gasteiger partial charge on any atom is 0.231 e. The molecule has 2 aromatic rings. The number of amides is 2. The van der Waals surface area contributed by atoms with Gasteiger partial charge in [-0.1, -0.05) is 38.2 Å². The summed E-state index contributed by atoms with van der Waals surface area (Å²) < 4.78 is 0. The van der Waals surface area contributed by atoms with E-state index in [4.69, 9.17) is 0 Å². The highest BCUT2D eigenvalue weighted by atomic mass is 32.1. The van der Waals surface area contributed by atoms with Gasteiger partial charge in [0.2, 0.25) is 16.9 Å². The number of aromatic nitrogens is 2. The van der Waals surface area contributed by atoms with Crippen molar-refractivity contribution in [2.45, 2.75) is 47.5 Å². The van der Waals surface area contributed by atoms with Gasteiger partial charge in [0.1, 0.15) is 5.01 Å². The highest BCUT2D eigenvalue weighted by Crippen LogP contribution is 2.29. The molecule has 1 saturated heterocycles. The lowest BCUT2D eigenvalue weighted by molar-refractivity contribution is -0.122. The van der Waals surface area contributed by atoms with Crippen LogP contribution in [0.3, 0.4) is 0 Å². The SMILES string of the molecule is Cc1cc(C)cc(N2CC(C(=O)Nc3nnc(CC(C)(C)C)s3)CC2=O)c1. The van der Waals surface area contributed by atoms with E-state index in [1.165, 1.54) is 11.3 Å². The van der Waals surface area contributed by atoms with Crippen LogP contribution in [0.5, 0.6) is 0 Å². The molecule has 1 N–H and O–H groups in total. The second-order valence-corrected chi connectivity index (χ2v) is 9.54. The minimum Gasteiger partial charge on any atom is -0.312 e. The zero-order valence-electron chi connectivity index (χ0n) is 16.5. The lowest BCUT2D eigenvalue weighted by atomic mass is 9.93. The highest BCUT2D eigenvalue weighted by molar-refractivity contribution is 7.15. The predicted molar refractivity (Wildman–Crippen MR) is 108 cm³/mol. The molecule has 1 fully saturated rings. The third-order valence-corrected chi connectivity index (χ3v) is 5.23. The van der Waals surface area contributed by atoms with Crippen molar-refractivity contribution < 1.29 is 9.59 Å². The first kappa shape index (κ1) is 19.5. The summed E-state index contributed by atoms with van der Waals surface area (Å²) in [5.74, 6) is -0.576. The third-order valence-electron chi connectivity index (χ3n) is 4.39. The van der Waals surface area contributed by atoms with Crippen molar-refractivity contribution in [1.82, 2.24) is 10.2 Å². The monoisotopic (exact) mass is 386 g/mol. The average Bonchev–Trinajstić information content (AvgIpc) is 3.11. The number of hydrogen-bond donors (Lipinski definition) is 1. The van der Waals surface area contributed by atoms with E-state index < -0.39 is 0 Å². The summed E-state index contributed by atoms with van der Waals surface area (Å²) in [6.45, 7) is 10.8. The number of anilines is 2. The highest BCUT2D eigenvalue weighted by Gasteiger charge is 2.35. The molecule has 1 aliphatic heterocycles. The van der Waals surface area contributed by atoms with Crippen LogP contribution in [-0.2, 0) is 16.0 Å². The molecule has 144 valence electrons. The van der Waals surface area contributed by atoms with Crippen LogP contribution in [0.1, 0.15) is 43.3 Å². The summed E-state index contributed by atoms with van der Waals surface area (Å²) in [6, 6.07) is 6.03. The number of rotatable bonds is 4. The quantitative estimate of drug-likeness (QED) is 0.869. The summed E-state index contributed by atoms with van der Waals surface area (Å²) in [7, 11) is 0. The van der Waals surface area contributed by atoms with E-state index in [0.29, 0.717) is 11.7 Å². The molecule has 6 nitrogen and oxygen atoms in total. The molecule has 1 aliphatic rings. The Morgan fingerprint density at radius 2 is 1.89 bits per heavy atom. The lowest BCUT2D eigenvalue weighted by Gasteiger charge is -2.18. The number of carbonyl (C=O) groups is 2. The maximum absolute atomic E-state index is 12.6. The van der Waals surface area contributed by atoms with E-state index in [1.54, 1.807) is 4.90 Å². The van der Waals surface area contributed by atoms with E-state index in [1.807, 2.05) is 26.0 Å². The Kier molecular flexibility index (Phi) is 5.33. The first-order valence-electron chi connectivity index (χ1n) is 9.13. The largest absolute Gasteiger partial charge is 0.312 e. The van der Waals surface area contributed by atoms with Crippen LogP contribution in [0.4, 0.5) is 10.8 Å². The number of nitrogens with zero attached hydrogens (tertiary/aromatic N) is 3. The summed E-state index contributed by atoms with van der Waals surface area (Å²) in [5, 5.41) is 12.5. The molecular formula is C20H26N4O2S. The molecule has 1 aromatic heterocycles. The van der Waals surface area contributed by atoms with E-state index in [9.17, 15) is 9.59 Å². The molecule has 0 bridgehead atoms. The zero-order valence-corrected chi connectivity index (χ0v) is 17.3. The Morgan fingerprint density at radius 3 is 2.52 bits per heavy atom. The standard InChI is InChI=1S/C20H26N4O2S/c1-12-6-13(2)8-15(7-12)24-11-14(9-17(24)25)18(26)21-19-23-22-16(27-19)10-20(3,4)5/h6-8,14H,9-11H2,1-5H3,(H,21,23,26). The van der Waals surface area contributed by atoms with Gasteiger partial charge < -0.3 is 10.2 Å². The van der Waals surface area contributed by atoms with Crippen molar-refractivity contribution in [1.29, 1.82) is 0 Å². The van der Waals surface area contributed by atoms with Crippen molar-refractivity contribution in [3.63, 3.8) is 0 Å². The Balaban J connectivity index is 1.65. The molecule has 3 rings (SSSR count). The predicted octanol–water partition coefficient (Wildman–Crippen LogP) is 3.74. The molecular weight excluding hydrogens is 360 g/mol. The van der Waals surface area contributed by atoms with Crippen molar-refractivity contribution in [3.8, 4) is 0 Å². The fourth-order valence-corrected chi connectivity index (χ4v) is 4.32. The molecule has 7 heteroatoms. The van der Waals surface area contributed by atoms with E-state index in [-0.39, 0.29) is 29.6 Å². The summed E-state index contributed by atoms with van der Waals surface area (Å²) >= 11 is 1.40. The second kappa shape index (κ2) is 7.38. The van der Waals surface area contributed by atoms with Crippen LogP contribution in [0, 0.1) is 25.2 Å². The van der Waals surface area contributed by atoms with Gasteiger partial charge >= 0.3 is 0 Å². The molecule has 2 amide bonds. The van der Waals surface area contributed by atoms with Crippen LogP contribution in [0.2, 0.25) is 0 Å². The van der Waals surface area contributed by atoms with E-state index in [0.717, 1.165) is 28.2 Å². The minimum absolute atomic E-state index is 0.0224. The molecule has 1 atom stereocenters. The molecule has 0 aliphatic carbocycles. The van der Waals surface area contributed by atoms with Gasteiger partial charge in [-0.3, -0.25) is 9.59 Å². The first-order valence-corrected chi connectivity index (χ1v) is 9.94. The normalized spacial score (nSPS) is 17.4. The summed E-state index contributed by atoms with van der Waals surface area (Å²) in [5.41, 5.74) is 3.18. The van der Waals surface area contributed by atoms with Gasteiger partial charge in [0, 0.05) is 25.1 Å². The molecule has 0 radical (unpaired) electrons. The smallest absolute Gasteiger partial charge is 0.231 e. The first-order chi connectivity index (χ1) is 12.6.